The zero-order valence-corrected chi connectivity index (χ0v) is 18.7. The minimum Gasteiger partial charge on any atom is -0.486 e. The fraction of sp³-hybridized carbons (Fsp3) is 0.250. The van der Waals surface area contributed by atoms with Crippen LogP contribution in [-0.4, -0.2) is 41.9 Å². The Morgan fingerprint density at radius 2 is 1.87 bits per heavy atom. The summed E-state index contributed by atoms with van der Waals surface area (Å²) >= 11 is 7.02. The molecule has 1 amide bonds. The van der Waals surface area contributed by atoms with E-state index in [1.165, 1.54) is 27.8 Å². The van der Waals surface area contributed by atoms with Crippen molar-refractivity contribution in [3.63, 3.8) is 0 Å². The number of ether oxygens (including phenoxy) is 1. The second kappa shape index (κ2) is 9.31. The topological polar surface area (TPSA) is 101 Å². The van der Waals surface area contributed by atoms with Crippen molar-refractivity contribution in [3.05, 3.63) is 64.1 Å². The van der Waals surface area contributed by atoms with Gasteiger partial charge in [0.25, 0.3) is 5.91 Å². The third kappa shape index (κ3) is 5.21. The van der Waals surface area contributed by atoms with Gasteiger partial charge >= 0.3 is 0 Å². The summed E-state index contributed by atoms with van der Waals surface area (Å²) < 4.78 is 32.5. The number of rotatable bonds is 7. The maximum Gasteiger partial charge on any atom is 0.257 e. The molecule has 3 aromatic rings. The lowest BCUT2D eigenvalue weighted by atomic mass is 10.2. The molecule has 0 radical (unpaired) electrons. The number of hydrogen-bond acceptors (Lipinski definition) is 7. The lowest BCUT2D eigenvalue weighted by molar-refractivity contribution is 0.102. The molecule has 4 rings (SSSR count). The maximum absolute atomic E-state index is 12.7. The Hall–Kier alpha value is -2.53. The van der Waals surface area contributed by atoms with Crippen molar-refractivity contribution in [2.45, 2.75) is 24.3 Å². The van der Waals surface area contributed by atoms with E-state index >= 15 is 0 Å². The number of sulfonamides is 1. The van der Waals surface area contributed by atoms with Crippen molar-refractivity contribution < 1.29 is 17.9 Å². The molecule has 1 saturated heterocycles. The summed E-state index contributed by atoms with van der Waals surface area (Å²) in [6.07, 6.45) is 1.70. The number of nitrogens with one attached hydrogen (secondary N) is 1. The van der Waals surface area contributed by atoms with E-state index in [1.54, 1.807) is 36.4 Å². The number of nitrogens with zero attached hydrogens (tertiary/aromatic N) is 3. The second-order valence-corrected chi connectivity index (χ2v) is 10.3. The smallest absolute Gasteiger partial charge is 0.257 e. The fourth-order valence-electron chi connectivity index (χ4n) is 3.08. The molecule has 1 N–H and O–H groups in total. The van der Waals surface area contributed by atoms with E-state index in [1.807, 2.05) is 0 Å². The van der Waals surface area contributed by atoms with Crippen molar-refractivity contribution in [1.29, 1.82) is 0 Å². The minimum absolute atomic E-state index is 0.108. The average molecular weight is 479 g/mol. The molecule has 1 aliphatic rings. The van der Waals surface area contributed by atoms with E-state index in [-0.39, 0.29) is 17.1 Å². The molecule has 2 aromatic carbocycles. The van der Waals surface area contributed by atoms with Crippen molar-refractivity contribution in [2.75, 3.05) is 18.4 Å². The highest BCUT2D eigenvalue weighted by atomic mass is 35.5. The summed E-state index contributed by atoms with van der Waals surface area (Å²) in [6, 6.07) is 12.9. The molecule has 1 fully saturated rings. The Kier molecular flexibility index (Phi) is 6.51. The molecule has 8 nitrogen and oxygen atoms in total. The standard InChI is InChI=1S/C20H19ClN4O4S2/c21-15-6-8-16(9-7-15)29-13-18-23-24-20(30-18)22-19(26)14-4-3-5-17(12-14)31(27,28)25-10-1-2-11-25/h3-9,12H,1-2,10-11,13H2,(H,22,24,26). The molecule has 0 bridgehead atoms. The number of carbonyl (C=O) groups excluding carboxylic acids is 1. The van der Waals surface area contributed by atoms with Gasteiger partial charge in [-0.3, -0.25) is 10.1 Å². The van der Waals surface area contributed by atoms with Gasteiger partial charge in [-0.05, 0) is 55.3 Å². The third-order valence-electron chi connectivity index (χ3n) is 4.66. The van der Waals surface area contributed by atoms with Crippen molar-refractivity contribution in [2.24, 2.45) is 0 Å². The van der Waals surface area contributed by atoms with E-state index in [0.29, 0.717) is 34.0 Å². The molecule has 11 heteroatoms. The van der Waals surface area contributed by atoms with Crippen LogP contribution in [0.1, 0.15) is 28.2 Å². The Labute approximate surface area is 188 Å². The number of amides is 1. The third-order valence-corrected chi connectivity index (χ3v) is 7.62. The number of aromatic nitrogens is 2. The molecular formula is C20H19ClN4O4S2. The normalized spacial score (nSPS) is 14.5. The quantitative estimate of drug-likeness (QED) is 0.554. The molecule has 0 unspecified atom stereocenters. The molecular weight excluding hydrogens is 460 g/mol. The van der Waals surface area contributed by atoms with E-state index in [9.17, 15) is 13.2 Å². The van der Waals surface area contributed by atoms with E-state index < -0.39 is 15.9 Å². The molecule has 162 valence electrons. The summed E-state index contributed by atoms with van der Waals surface area (Å²) in [6.45, 7) is 1.20. The van der Waals surface area contributed by atoms with Crippen LogP contribution in [-0.2, 0) is 16.6 Å². The first-order valence-corrected chi connectivity index (χ1v) is 12.2. The van der Waals surface area contributed by atoms with Crippen LogP contribution in [0.2, 0.25) is 5.02 Å². The van der Waals surface area contributed by atoms with Gasteiger partial charge in [-0.1, -0.05) is 29.0 Å². The first kappa shape index (κ1) is 21.7. The van der Waals surface area contributed by atoms with Gasteiger partial charge in [-0.2, -0.15) is 4.31 Å². The average Bonchev–Trinajstić information content (AvgIpc) is 3.46. The van der Waals surface area contributed by atoms with Gasteiger partial charge in [0.15, 0.2) is 5.01 Å². The summed E-state index contributed by atoms with van der Waals surface area (Å²) in [7, 11) is -3.60. The molecule has 1 aliphatic heterocycles. The number of halogens is 1. The molecule has 1 aromatic heterocycles. The maximum atomic E-state index is 12.7. The molecule has 2 heterocycles. The van der Waals surface area contributed by atoms with Crippen LogP contribution in [0, 0.1) is 0 Å². The van der Waals surface area contributed by atoms with Crippen LogP contribution >= 0.6 is 22.9 Å². The number of benzene rings is 2. The van der Waals surface area contributed by atoms with E-state index in [4.69, 9.17) is 16.3 Å². The Balaban J connectivity index is 1.40. The highest BCUT2D eigenvalue weighted by molar-refractivity contribution is 7.89. The van der Waals surface area contributed by atoms with Crippen LogP contribution < -0.4 is 10.1 Å². The molecule has 31 heavy (non-hydrogen) atoms. The van der Waals surface area contributed by atoms with Crippen LogP contribution in [0.15, 0.2) is 53.4 Å². The number of hydrogen-bond donors (Lipinski definition) is 1. The zero-order chi connectivity index (χ0) is 21.8. The van der Waals surface area contributed by atoms with Gasteiger partial charge in [-0.25, -0.2) is 8.42 Å². The first-order valence-electron chi connectivity index (χ1n) is 9.54. The Bertz CT molecular complexity index is 1180. The highest BCUT2D eigenvalue weighted by Crippen LogP contribution is 2.23. The van der Waals surface area contributed by atoms with Gasteiger partial charge in [0.05, 0.1) is 4.90 Å². The number of carbonyl (C=O) groups is 1. The zero-order valence-electron chi connectivity index (χ0n) is 16.3. The van der Waals surface area contributed by atoms with E-state index in [0.717, 1.165) is 12.8 Å². The van der Waals surface area contributed by atoms with Gasteiger partial charge < -0.3 is 4.74 Å². The van der Waals surface area contributed by atoms with Gasteiger partial charge in [-0.15, -0.1) is 10.2 Å². The second-order valence-electron chi connectivity index (χ2n) is 6.84. The van der Waals surface area contributed by atoms with Crippen LogP contribution in [0.3, 0.4) is 0 Å². The van der Waals surface area contributed by atoms with Crippen LogP contribution in [0.5, 0.6) is 5.75 Å². The highest BCUT2D eigenvalue weighted by Gasteiger charge is 2.27. The van der Waals surface area contributed by atoms with Gasteiger partial charge in [0.1, 0.15) is 12.4 Å². The van der Waals surface area contributed by atoms with Crippen molar-refractivity contribution in [3.8, 4) is 5.75 Å². The predicted octanol–water partition coefficient (Wildman–Crippen LogP) is 3.81. The van der Waals surface area contributed by atoms with Gasteiger partial charge in [0, 0.05) is 23.7 Å². The van der Waals surface area contributed by atoms with Crippen LogP contribution in [0.4, 0.5) is 5.13 Å². The van der Waals surface area contributed by atoms with Crippen molar-refractivity contribution in [1.82, 2.24) is 14.5 Å². The summed E-state index contributed by atoms with van der Waals surface area (Å²) in [5.74, 6) is 0.181. The summed E-state index contributed by atoms with van der Waals surface area (Å²) in [5.41, 5.74) is 0.231. The summed E-state index contributed by atoms with van der Waals surface area (Å²) in [4.78, 5) is 12.7. The molecule has 0 spiro atoms. The van der Waals surface area contributed by atoms with E-state index in [2.05, 4.69) is 15.5 Å². The lowest BCUT2D eigenvalue weighted by Gasteiger charge is -2.15. The largest absolute Gasteiger partial charge is 0.486 e. The Morgan fingerprint density at radius 3 is 2.61 bits per heavy atom. The van der Waals surface area contributed by atoms with Crippen LogP contribution in [0.25, 0.3) is 0 Å². The molecule has 0 atom stereocenters. The monoisotopic (exact) mass is 478 g/mol. The molecule has 0 saturated carbocycles. The van der Waals surface area contributed by atoms with Gasteiger partial charge in [0.2, 0.25) is 15.2 Å². The first-order chi connectivity index (χ1) is 14.9. The predicted molar refractivity (Wildman–Crippen MR) is 118 cm³/mol. The SMILES string of the molecule is O=C(Nc1nnc(COc2ccc(Cl)cc2)s1)c1cccc(S(=O)(=O)N2CCCC2)c1. The fourth-order valence-corrected chi connectivity index (χ4v) is 5.42. The summed E-state index contributed by atoms with van der Waals surface area (Å²) in [5, 5.41) is 12.1. The van der Waals surface area contributed by atoms with Crippen molar-refractivity contribution >= 4 is 44.0 Å². The molecule has 0 aliphatic carbocycles. The minimum atomic E-state index is -3.60. The number of anilines is 1. The lowest BCUT2D eigenvalue weighted by Crippen LogP contribution is -2.28. The Morgan fingerprint density at radius 1 is 1.13 bits per heavy atom.